The topological polar surface area (TPSA) is 80.3 Å². The lowest BCUT2D eigenvalue weighted by Crippen LogP contribution is -2.18. The summed E-state index contributed by atoms with van der Waals surface area (Å²) in [6.07, 6.45) is 3.09. The lowest BCUT2D eigenvalue weighted by atomic mass is 10.2. The molecule has 3 heterocycles. The number of nitrogens with zero attached hydrogens (tertiary/aromatic N) is 4. The van der Waals surface area contributed by atoms with Gasteiger partial charge in [-0.25, -0.2) is 4.98 Å². The first-order chi connectivity index (χ1) is 15.6. The number of benzene rings is 2. The third-order valence-electron chi connectivity index (χ3n) is 4.71. The Bertz CT molecular complexity index is 1580. The molecular weight excluding hydrogens is 444 g/mol. The number of pyridine rings is 1. The summed E-state index contributed by atoms with van der Waals surface area (Å²) in [6.45, 7) is 0. The second-order valence-electron chi connectivity index (χ2n) is 6.75. The molecule has 0 fully saturated rings. The molecule has 0 saturated heterocycles. The molecule has 0 unspecified atom stereocenters. The van der Waals surface area contributed by atoms with Crippen molar-refractivity contribution in [1.82, 2.24) is 14.4 Å². The van der Waals surface area contributed by atoms with E-state index >= 15 is 0 Å². The van der Waals surface area contributed by atoms with Crippen molar-refractivity contribution in [3.63, 3.8) is 0 Å². The maximum Gasteiger partial charge on any atom is 0.269 e. The number of ether oxygens (including phenoxy) is 1. The highest BCUT2D eigenvalue weighted by molar-refractivity contribution is 7.19. The number of allylic oxidation sites excluding steroid dienone is 1. The average Bonchev–Trinajstić information content (AvgIpc) is 3.24. The maximum absolute atomic E-state index is 13.3. The molecule has 32 heavy (non-hydrogen) atoms. The molecule has 5 rings (SSSR count). The van der Waals surface area contributed by atoms with Gasteiger partial charge in [-0.2, -0.15) is 10.2 Å². The third kappa shape index (κ3) is 3.62. The Morgan fingerprint density at radius 2 is 1.84 bits per heavy atom. The van der Waals surface area contributed by atoms with Gasteiger partial charge in [0.1, 0.15) is 28.0 Å². The fraction of sp³-hybridized carbons (Fsp3) is 0. The van der Waals surface area contributed by atoms with E-state index in [4.69, 9.17) is 16.3 Å². The van der Waals surface area contributed by atoms with Gasteiger partial charge in [-0.1, -0.05) is 41.9 Å². The monoisotopic (exact) mass is 456 g/mol. The van der Waals surface area contributed by atoms with Crippen LogP contribution in [-0.4, -0.2) is 14.4 Å². The van der Waals surface area contributed by atoms with Crippen molar-refractivity contribution in [1.29, 1.82) is 5.26 Å². The zero-order valence-electron chi connectivity index (χ0n) is 16.4. The minimum Gasteiger partial charge on any atom is -0.437 e. The number of thiazole rings is 1. The Hall–Kier alpha value is -3.99. The zero-order chi connectivity index (χ0) is 22.1. The molecule has 0 spiro atoms. The first-order valence-corrected chi connectivity index (χ1v) is 10.7. The van der Waals surface area contributed by atoms with E-state index in [-0.39, 0.29) is 22.6 Å². The SMILES string of the molecule is N#C/C(=C\c1c(Oc2ccccc2Cl)nc2ccccn2c1=O)c1nc2ccccc2s1. The molecule has 0 aliphatic rings. The molecule has 0 atom stereocenters. The van der Waals surface area contributed by atoms with Crippen LogP contribution >= 0.6 is 22.9 Å². The minimum absolute atomic E-state index is 0.0585. The summed E-state index contributed by atoms with van der Waals surface area (Å²) in [5.41, 5.74) is 1.20. The fourth-order valence-electron chi connectivity index (χ4n) is 3.19. The smallest absolute Gasteiger partial charge is 0.269 e. The molecule has 2 aromatic carbocycles. The van der Waals surface area contributed by atoms with Gasteiger partial charge in [0.2, 0.25) is 5.88 Å². The van der Waals surface area contributed by atoms with Gasteiger partial charge in [0.25, 0.3) is 5.56 Å². The van der Waals surface area contributed by atoms with E-state index in [0.717, 1.165) is 10.2 Å². The van der Waals surface area contributed by atoms with E-state index in [9.17, 15) is 10.1 Å². The van der Waals surface area contributed by atoms with E-state index in [2.05, 4.69) is 16.0 Å². The molecule has 5 aromatic rings. The summed E-state index contributed by atoms with van der Waals surface area (Å²) in [4.78, 5) is 22.4. The van der Waals surface area contributed by atoms with Crippen LogP contribution in [0.5, 0.6) is 11.6 Å². The van der Waals surface area contributed by atoms with Gasteiger partial charge >= 0.3 is 0 Å². The van der Waals surface area contributed by atoms with Gasteiger partial charge in [0, 0.05) is 6.20 Å². The summed E-state index contributed by atoms with van der Waals surface area (Å²) < 4.78 is 8.29. The fourth-order valence-corrected chi connectivity index (χ4v) is 4.29. The van der Waals surface area contributed by atoms with E-state index in [1.807, 2.05) is 24.3 Å². The van der Waals surface area contributed by atoms with E-state index in [1.165, 1.54) is 21.8 Å². The summed E-state index contributed by atoms with van der Waals surface area (Å²) in [5.74, 6) is 0.414. The van der Waals surface area contributed by atoms with Crippen LogP contribution in [0.2, 0.25) is 5.02 Å². The number of rotatable bonds is 4. The van der Waals surface area contributed by atoms with Gasteiger partial charge in [-0.15, -0.1) is 11.3 Å². The first kappa shape index (κ1) is 19.9. The van der Waals surface area contributed by atoms with Gasteiger partial charge in [0.15, 0.2) is 0 Å². The highest BCUT2D eigenvalue weighted by Gasteiger charge is 2.17. The van der Waals surface area contributed by atoms with Crippen molar-refractivity contribution >= 4 is 50.5 Å². The Labute approximate surface area is 191 Å². The number of fused-ring (bicyclic) bond motifs is 2. The molecule has 0 aliphatic carbocycles. The second kappa shape index (κ2) is 8.27. The summed E-state index contributed by atoms with van der Waals surface area (Å²) in [5, 5.41) is 10.7. The van der Waals surface area contributed by atoms with Crippen LogP contribution in [0.25, 0.3) is 27.5 Å². The van der Waals surface area contributed by atoms with Gasteiger partial charge in [-0.05, 0) is 42.5 Å². The third-order valence-corrected chi connectivity index (χ3v) is 6.09. The van der Waals surface area contributed by atoms with Crippen molar-refractivity contribution in [2.45, 2.75) is 0 Å². The van der Waals surface area contributed by atoms with Crippen LogP contribution in [-0.2, 0) is 0 Å². The quantitative estimate of drug-likeness (QED) is 0.318. The molecule has 0 aliphatic heterocycles. The predicted molar refractivity (Wildman–Crippen MR) is 126 cm³/mol. The Kier molecular flexibility index (Phi) is 5.15. The van der Waals surface area contributed by atoms with Gasteiger partial charge < -0.3 is 4.74 Å². The lowest BCUT2D eigenvalue weighted by molar-refractivity contribution is 0.461. The number of aromatic nitrogens is 3. The van der Waals surface area contributed by atoms with Gasteiger partial charge in [0.05, 0.1) is 20.8 Å². The minimum atomic E-state index is -0.369. The maximum atomic E-state index is 13.3. The molecule has 0 radical (unpaired) electrons. The second-order valence-corrected chi connectivity index (χ2v) is 8.19. The number of halogens is 1. The zero-order valence-corrected chi connectivity index (χ0v) is 18.0. The summed E-state index contributed by atoms with van der Waals surface area (Å²) in [6, 6.07) is 21.9. The molecule has 0 bridgehead atoms. The average molecular weight is 457 g/mol. The van der Waals surface area contributed by atoms with Crippen LogP contribution in [0.1, 0.15) is 10.6 Å². The molecule has 6 nitrogen and oxygen atoms in total. The standard InChI is InChI=1S/C24H13ClN4O2S/c25-17-7-1-3-9-19(17)31-22-16(24(30)29-12-6-5-11-21(29)28-22)13-15(14-26)23-27-18-8-2-4-10-20(18)32-23/h1-13H/b15-13+. The Morgan fingerprint density at radius 1 is 1.06 bits per heavy atom. The van der Waals surface area contributed by atoms with E-state index < -0.39 is 0 Å². The molecule has 0 saturated carbocycles. The lowest BCUT2D eigenvalue weighted by Gasteiger charge is -2.11. The molecule has 154 valence electrons. The first-order valence-electron chi connectivity index (χ1n) is 9.55. The van der Waals surface area contributed by atoms with Crippen LogP contribution in [0, 0.1) is 11.3 Å². The van der Waals surface area contributed by atoms with Gasteiger partial charge in [-0.3, -0.25) is 9.20 Å². The summed E-state index contributed by atoms with van der Waals surface area (Å²) in [7, 11) is 0. The van der Waals surface area contributed by atoms with Crippen molar-refractivity contribution in [3.8, 4) is 17.7 Å². The van der Waals surface area contributed by atoms with Crippen molar-refractivity contribution in [2.75, 3.05) is 0 Å². The number of hydrogen-bond acceptors (Lipinski definition) is 6. The largest absolute Gasteiger partial charge is 0.437 e. The van der Waals surface area contributed by atoms with Crippen LogP contribution < -0.4 is 10.3 Å². The molecule has 0 amide bonds. The Morgan fingerprint density at radius 3 is 2.66 bits per heavy atom. The number of nitriles is 1. The highest BCUT2D eigenvalue weighted by atomic mass is 35.5. The molecule has 0 N–H and O–H groups in total. The molecular formula is C24H13ClN4O2S. The normalized spacial score (nSPS) is 11.6. The molecule has 8 heteroatoms. The number of para-hydroxylation sites is 2. The Balaban J connectivity index is 1.72. The van der Waals surface area contributed by atoms with Crippen LogP contribution in [0.15, 0.2) is 77.7 Å². The van der Waals surface area contributed by atoms with Crippen LogP contribution in [0.4, 0.5) is 0 Å². The molecule has 3 aromatic heterocycles. The van der Waals surface area contributed by atoms with E-state index in [0.29, 0.717) is 21.4 Å². The highest BCUT2D eigenvalue weighted by Crippen LogP contribution is 2.32. The number of hydrogen-bond donors (Lipinski definition) is 0. The summed E-state index contributed by atoms with van der Waals surface area (Å²) >= 11 is 7.62. The van der Waals surface area contributed by atoms with Crippen LogP contribution in [0.3, 0.4) is 0 Å². The van der Waals surface area contributed by atoms with Crippen molar-refractivity contribution < 1.29 is 4.74 Å². The predicted octanol–water partition coefficient (Wildman–Crippen LogP) is 5.81. The van der Waals surface area contributed by atoms with Crippen molar-refractivity contribution in [2.24, 2.45) is 0 Å². The van der Waals surface area contributed by atoms with E-state index in [1.54, 1.807) is 48.7 Å². The van der Waals surface area contributed by atoms with Crippen molar-refractivity contribution in [3.05, 3.63) is 98.9 Å².